The van der Waals surface area contributed by atoms with Crippen LogP contribution in [0.3, 0.4) is 0 Å². The smallest absolute Gasteiger partial charge is 0.252 e. The Kier molecular flexibility index (Phi) is 4.61. The molecule has 1 aromatic carbocycles. The summed E-state index contributed by atoms with van der Waals surface area (Å²) in [6, 6.07) is 6.05. The van der Waals surface area contributed by atoms with Crippen LogP contribution >= 0.6 is 11.6 Å². The molecule has 0 aliphatic carbocycles. The Morgan fingerprint density at radius 2 is 2.39 bits per heavy atom. The Hall–Kier alpha value is -1.06. The number of hydrogen-bond acceptors (Lipinski definition) is 2. The van der Waals surface area contributed by atoms with E-state index in [9.17, 15) is 4.79 Å². The van der Waals surface area contributed by atoms with Crippen molar-refractivity contribution >= 4 is 17.5 Å². The molecule has 98 valence electrons. The molecule has 1 atom stereocenters. The van der Waals surface area contributed by atoms with Gasteiger partial charge in [0.05, 0.1) is 10.6 Å². The average Bonchev–Trinajstić information content (AvgIpc) is 2.81. The van der Waals surface area contributed by atoms with E-state index in [4.69, 9.17) is 11.6 Å². The summed E-state index contributed by atoms with van der Waals surface area (Å²) in [7, 11) is 0. The SMILES string of the molecule is Cc1ccc(C(=O)NCCC2CCCN2)c(Cl)c1. The fourth-order valence-electron chi connectivity index (χ4n) is 2.26. The standard InChI is InChI=1S/C14H19ClN2O/c1-10-4-5-12(13(15)9-10)14(18)17-8-6-11-3-2-7-16-11/h4-5,9,11,16H,2-3,6-8H2,1H3,(H,17,18). The van der Waals surface area contributed by atoms with Gasteiger partial charge < -0.3 is 10.6 Å². The van der Waals surface area contributed by atoms with Gasteiger partial charge in [0, 0.05) is 12.6 Å². The lowest BCUT2D eigenvalue weighted by Crippen LogP contribution is -2.30. The van der Waals surface area contributed by atoms with Crippen LogP contribution < -0.4 is 10.6 Å². The summed E-state index contributed by atoms with van der Waals surface area (Å²) in [4.78, 5) is 11.9. The Bertz CT molecular complexity index is 428. The van der Waals surface area contributed by atoms with Gasteiger partial charge in [-0.1, -0.05) is 17.7 Å². The van der Waals surface area contributed by atoms with Crippen LogP contribution in [0, 0.1) is 6.92 Å². The van der Waals surface area contributed by atoms with Crippen LogP contribution in [0.4, 0.5) is 0 Å². The molecule has 0 bridgehead atoms. The van der Waals surface area contributed by atoms with Gasteiger partial charge in [0.25, 0.3) is 5.91 Å². The highest BCUT2D eigenvalue weighted by Gasteiger charge is 2.14. The third-order valence-corrected chi connectivity index (χ3v) is 3.62. The maximum absolute atomic E-state index is 11.9. The van der Waals surface area contributed by atoms with Crippen LogP contribution in [0.25, 0.3) is 0 Å². The van der Waals surface area contributed by atoms with Gasteiger partial charge in [-0.15, -0.1) is 0 Å². The van der Waals surface area contributed by atoms with E-state index in [1.165, 1.54) is 12.8 Å². The molecule has 1 aromatic rings. The molecule has 0 spiro atoms. The Labute approximate surface area is 113 Å². The maximum atomic E-state index is 11.9. The first-order valence-electron chi connectivity index (χ1n) is 6.44. The molecule has 0 radical (unpaired) electrons. The lowest BCUT2D eigenvalue weighted by Gasteiger charge is -2.11. The molecule has 1 saturated heterocycles. The minimum atomic E-state index is -0.0852. The Morgan fingerprint density at radius 3 is 3.06 bits per heavy atom. The lowest BCUT2D eigenvalue weighted by molar-refractivity contribution is 0.0952. The third kappa shape index (κ3) is 3.47. The molecular formula is C14H19ClN2O. The average molecular weight is 267 g/mol. The van der Waals surface area contributed by atoms with Crippen molar-refractivity contribution in [1.82, 2.24) is 10.6 Å². The third-order valence-electron chi connectivity index (χ3n) is 3.31. The molecule has 4 heteroatoms. The monoisotopic (exact) mass is 266 g/mol. The number of aryl methyl sites for hydroxylation is 1. The van der Waals surface area contributed by atoms with Crippen molar-refractivity contribution in [3.63, 3.8) is 0 Å². The summed E-state index contributed by atoms with van der Waals surface area (Å²) in [5.74, 6) is -0.0852. The van der Waals surface area contributed by atoms with E-state index in [1.54, 1.807) is 6.07 Å². The highest BCUT2D eigenvalue weighted by atomic mass is 35.5. The fourth-order valence-corrected chi connectivity index (χ4v) is 2.58. The predicted molar refractivity (Wildman–Crippen MR) is 74.2 cm³/mol. The highest BCUT2D eigenvalue weighted by Crippen LogP contribution is 2.17. The van der Waals surface area contributed by atoms with Crippen molar-refractivity contribution in [2.45, 2.75) is 32.2 Å². The Balaban J connectivity index is 1.83. The van der Waals surface area contributed by atoms with Crippen molar-refractivity contribution in [2.24, 2.45) is 0 Å². The quantitative estimate of drug-likeness (QED) is 0.879. The summed E-state index contributed by atoms with van der Waals surface area (Å²) in [6.45, 7) is 3.75. The van der Waals surface area contributed by atoms with Gasteiger partial charge in [-0.3, -0.25) is 4.79 Å². The van der Waals surface area contributed by atoms with Gasteiger partial charge in [0.1, 0.15) is 0 Å². The molecule has 0 saturated carbocycles. The second-order valence-corrected chi connectivity index (χ2v) is 5.23. The van der Waals surface area contributed by atoms with Gasteiger partial charge in [0.2, 0.25) is 0 Å². The van der Waals surface area contributed by atoms with Crippen molar-refractivity contribution in [1.29, 1.82) is 0 Å². The van der Waals surface area contributed by atoms with Gasteiger partial charge in [0.15, 0.2) is 0 Å². The van der Waals surface area contributed by atoms with Gasteiger partial charge >= 0.3 is 0 Å². The number of benzene rings is 1. The van der Waals surface area contributed by atoms with Crippen LogP contribution in [0.1, 0.15) is 35.2 Å². The molecule has 1 heterocycles. The first-order valence-corrected chi connectivity index (χ1v) is 6.82. The van der Waals surface area contributed by atoms with E-state index >= 15 is 0 Å². The van der Waals surface area contributed by atoms with E-state index in [-0.39, 0.29) is 5.91 Å². The van der Waals surface area contributed by atoms with E-state index in [1.807, 2.05) is 19.1 Å². The number of rotatable bonds is 4. The van der Waals surface area contributed by atoms with Crippen LogP contribution in [-0.2, 0) is 0 Å². The summed E-state index contributed by atoms with van der Waals surface area (Å²) in [5.41, 5.74) is 1.62. The second-order valence-electron chi connectivity index (χ2n) is 4.82. The lowest BCUT2D eigenvalue weighted by atomic mass is 10.1. The van der Waals surface area contributed by atoms with Crippen LogP contribution in [0.15, 0.2) is 18.2 Å². The van der Waals surface area contributed by atoms with E-state index < -0.39 is 0 Å². The molecule has 2 rings (SSSR count). The first kappa shape index (κ1) is 13.4. The zero-order valence-electron chi connectivity index (χ0n) is 10.6. The zero-order valence-corrected chi connectivity index (χ0v) is 11.4. The molecule has 1 unspecified atom stereocenters. The predicted octanol–water partition coefficient (Wildman–Crippen LogP) is 2.52. The summed E-state index contributed by atoms with van der Waals surface area (Å²) >= 11 is 6.06. The number of amides is 1. The van der Waals surface area contributed by atoms with Gasteiger partial charge in [-0.25, -0.2) is 0 Å². The van der Waals surface area contributed by atoms with E-state index in [0.717, 1.165) is 18.5 Å². The molecule has 1 aliphatic rings. The number of carbonyl (C=O) groups excluding carboxylic acids is 1. The fraction of sp³-hybridized carbons (Fsp3) is 0.500. The molecule has 18 heavy (non-hydrogen) atoms. The molecule has 1 fully saturated rings. The molecule has 1 amide bonds. The second kappa shape index (κ2) is 6.21. The largest absolute Gasteiger partial charge is 0.352 e. The van der Waals surface area contributed by atoms with Crippen molar-refractivity contribution in [3.8, 4) is 0 Å². The van der Waals surface area contributed by atoms with Crippen LogP contribution in [0.2, 0.25) is 5.02 Å². The summed E-state index contributed by atoms with van der Waals surface area (Å²) in [5, 5.41) is 6.85. The number of halogens is 1. The van der Waals surface area contributed by atoms with Gasteiger partial charge in [-0.05, 0) is 50.4 Å². The molecular weight excluding hydrogens is 248 g/mol. The number of hydrogen-bond donors (Lipinski definition) is 2. The van der Waals surface area contributed by atoms with Crippen LogP contribution in [0.5, 0.6) is 0 Å². The van der Waals surface area contributed by atoms with Crippen molar-refractivity contribution in [3.05, 3.63) is 34.3 Å². The Morgan fingerprint density at radius 1 is 1.56 bits per heavy atom. The molecule has 0 aromatic heterocycles. The van der Waals surface area contributed by atoms with Gasteiger partial charge in [-0.2, -0.15) is 0 Å². The van der Waals surface area contributed by atoms with Crippen molar-refractivity contribution < 1.29 is 4.79 Å². The molecule has 3 nitrogen and oxygen atoms in total. The highest BCUT2D eigenvalue weighted by molar-refractivity contribution is 6.33. The minimum Gasteiger partial charge on any atom is -0.352 e. The normalized spacial score (nSPS) is 18.9. The maximum Gasteiger partial charge on any atom is 0.252 e. The molecule has 1 aliphatic heterocycles. The topological polar surface area (TPSA) is 41.1 Å². The first-order chi connectivity index (χ1) is 8.66. The van der Waals surface area contributed by atoms with E-state index in [2.05, 4.69) is 10.6 Å². The van der Waals surface area contributed by atoms with Crippen molar-refractivity contribution in [2.75, 3.05) is 13.1 Å². The van der Waals surface area contributed by atoms with E-state index in [0.29, 0.717) is 23.2 Å². The summed E-state index contributed by atoms with van der Waals surface area (Å²) in [6.07, 6.45) is 3.43. The zero-order chi connectivity index (χ0) is 13.0. The summed E-state index contributed by atoms with van der Waals surface area (Å²) < 4.78 is 0. The number of carbonyl (C=O) groups is 1. The van der Waals surface area contributed by atoms with Crippen LogP contribution in [-0.4, -0.2) is 25.0 Å². The minimum absolute atomic E-state index is 0.0852. The number of nitrogens with one attached hydrogen (secondary N) is 2. The molecule has 2 N–H and O–H groups in total.